The second-order valence-corrected chi connectivity index (χ2v) is 8.04. The highest BCUT2D eigenvalue weighted by atomic mass is 16.7. The molecule has 2 aliphatic heterocycles. The molecule has 2 heterocycles. The lowest BCUT2D eigenvalue weighted by Crippen LogP contribution is -2.60. The molecule has 0 radical (unpaired) electrons. The monoisotopic (exact) mass is 512 g/mol. The van der Waals surface area contributed by atoms with Crippen LogP contribution in [0.2, 0.25) is 0 Å². The molecule has 36 heavy (non-hydrogen) atoms. The van der Waals surface area contributed by atoms with Crippen LogP contribution in [0.3, 0.4) is 0 Å². The zero-order valence-electron chi connectivity index (χ0n) is 19.3. The van der Waals surface area contributed by atoms with Gasteiger partial charge in [-0.25, -0.2) is 0 Å². The summed E-state index contributed by atoms with van der Waals surface area (Å²) in [5, 5.41) is 79.0. The van der Waals surface area contributed by atoms with Gasteiger partial charge in [-0.05, 0) is 30.1 Å². The van der Waals surface area contributed by atoms with Crippen molar-refractivity contribution in [1.82, 2.24) is 0 Å². The summed E-state index contributed by atoms with van der Waals surface area (Å²) in [7, 11) is 0. The molecule has 0 bridgehead atoms. The maximum Gasteiger partial charge on any atom is 0.187 e. The fourth-order valence-corrected chi connectivity index (χ4v) is 3.23. The number of allylic oxidation sites excluding steroid dienone is 2. The molecular weight excluding hydrogens is 480 g/mol. The molecule has 0 saturated carbocycles. The summed E-state index contributed by atoms with van der Waals surface area (Å²) in [6, 6.07) is 0. The fourth-order valence-electron chi connectivity index (χ4n) is 3.23. The molecule has 0 aromatic rings. The SMILES string of the molecule is C=CC(O)[C@@H](/C=C/C#CC#C/C=C/CO)O[C@@H]1O[C@H](CO[C@@H]2OC[C@](O)(CO)[C@H]2O)[C@@H](O)[C@H](O)[C@H]1O. The van der Waals surface area contributed by atoms with Gasteiger partial charge in [0.05, 0.1) is 26.4 Å². The third-order valence-electron chi connectivity index (χ3n) is 5.42. The maximum atomic E-state index is 10.3. The first kappa shape index (κ1) is 30.1. The van der Waals surface area contributed by atoms with Crippen LogP contribution < -0.4 is 0 Å². The first-order valence-corrected chi connectivity index (χ1v) is 11.0. The number of aliphatic hydroxyl groups excluding tert-OH is 7. The third-order valence-corrected chi connectivity index (χ3v) is 5.42. The number of hydrogen-bond donors (Lipinski definition) is 8. The van der Waals surface area contributed by atoms with E-state index in [4.69, 9.17) is 24.1 Å². The van der Waals surface area contributed by atoms with Crippen LogP contribution in [-0.4, -0.2) is 128 Å². The van der Waals surface area contributed by atoms with E-state index in [0.717, 1.165) is 0 Å². The van der Waals surface area contributed by atoms with E-state index in [1.807, 2.05) is 0 Å². The minimum Gasteiger partial charge on any atom is -0.393 e. The van der Waals surface area contributed by atoms with Gasteiger partial charge in [0.25, 0.3) is 0 Å². The number of rotatable bonds is 10. The first-order valence-electron chi connectivity index (χ1n) is 11.0. The third kappa shape index (κ3) is 7.93. The van der Waals surface area contributed by atoms with Crippen molar-refractivity contribution < 1.29 is 59.8 Å². The second-order valence-electron chi connectivity index (χ2n) is 8.04. The van der Waals surface area contributed by atoms with Crippen molar-refractivity contribution in [3.05, 3.63) is 37.0 Å². The van der Waals surface area contributed by atoms with Gasteiger partial charge in [-0.15, -0.1) is 6.58 Å². The Morgan fingerprint density at radius 2 is 1.72 bits per heavy atom. The van der Waals surface area contributed by atoms with Gasteiger partial charge in [0.15, 0.2) is 12.6 Å². The molecular formula is C24H32O12. The normalized spacial score (nSPS) is 36.2. The Labute approximate surface area is 208 Å². The van der Waals surface area contributed by atoms with Crippen LogP contribution in [0.4, 0.5) is 0 Å². The van der Waals surface area contributed by atoms with Crippen molar-refractivity contribution in [2.45, 2.75) is 60.9 Å². The molecule has 200 valence electrons. The number of ether oxygens (including phenoxy) is 4. The molecule has 2 saturated heterocycles. The molecule has 8 N–H and O–H groups in total. The van der Waals surface area contributed by atoms with Crippen LogP contribution in [0, 0.1) is 23.7 Å². The van der Waals surface area contributed by atoms with Crippen LogP contribution in [0.5, 0.6) is 0 Å². The molecule has 12 heteroatoms. The van der Waals surface area contributed by atoms with Crippen molar-refractivity contribution in [3.8, 4) is 23.7 Å². The largest absolute Gasteiger partial charge is 0.393 e. The van der Waals surface area contributed by atoms with E-state index in [2.05, 4.69) is 30.3 Å². The van der Waals surface area contributed by atoms with Crippen molar-refractivity contribution in [2.75, 3.05) is 26.4 Å². The Balaban J connectivity index is 2.04. The molecule has 2 rings (SSSR count). The zero-order valence-corrected chi connectivity index (χ0v) is 19.3. The summed E-state index contributed by atoms with van der Waals surface area (Å²) >= 11 is 0. The Morgan fingerprint density at radius 3 is 2.33 bits per heavy atom. The van der Waals surface area contributed by atoms with Gasteiger partial charge in [-0.2, -0.15) is 0 Å². The predicted octanol–water partition coefficient (Wildman–Crippen LogP) is -3.71. The van der Waals surface area contributed by atoms with E-state index in [0.29, 0.717) is 0 Å². The molecule has 2 aliphatic rings. The highest BCUT2D eigenvalue weighted by Gasteiger charge is 2.50. The van der Waals surface area contributed by atoms with E-state index in [1.54, 1.807) is 0 Å². The summed E-state index contributed by atoms with van der Waals surface area (Å²) in [6.45, 7) is 1.73. The van der Waals surface area contributed by atoms with Crippen LogP contribution in [0.15, 0.2) is 37.0 Å². The standard InChI is InChI=1S/C24H32O12/c1-2-15(27)16(10-8-6-4-3-5-7-9-11-25)35-22-20(30)19(29)18(28)17(36-22)12-33-23-21(31)24(32,13-26)14-34-23/h2,7-10,15-23,25-32H,1,11-14H2/b9-7+,10-8+/t15?,16-,17-,18-,19+,20-,21+,22-,23-,24-/m1/s1. The van der Waals surface area contributed by atoms with E-state index >= 15 is 0 Å². The molecule has 0 amide bonds. The van der Waals surface area contributed by atoms with Crippen molar-refractivity contribution >= 4 is 0 Å². The van der Waals surface area contributed by atoms with E-state index in [1.165, 1.54) is 30.4 Å². The average molecular weight is 513 g/mol. The van der Waals surface area contributed by atoms with Crippen molar-refractivity contribution in [2.24, 2.45) is 0 Å². The van der Waals surface area contributed by atoms with Crippen LogP contribution in [0.25, 0.3) is 0 Å². The summed E-state index contributed by atoms with van der Waals surface area (Å²) < 4.78 is 21.6. The minimum absolute atomic E-state index is 0.141. The van der Waals surface area contributed by atoms with Gasteiger partial charge in [0, 0.05) is 0 Å². The van der Waals surface area contributed by atoms with Crippen LogP contribution in [0.1, 0.15) is 0 Å². The second kappa shape index (κ2) is 14.6. The lowest BCUT2D eigenvalue weighted by molar-refractivity contribution is -0.318. The van der Waals surface area contributed by atoms with Gasteiger partial charge in [0.2, 0.25) is 0 Å². The van der Waals surface area contributed by atoms with Crippen molar-refractivity contribution in [1.29, 1.82) is 0 Å². The van der Waals surface area contributed by atoms with Crippen molar-refractivity contribution in [3.63, 3.8) is 0 Å². The van der Waals surface area contributed by atoms with E-state index in [-0.39, 0.29) is 6.61 Å². The lowest BCUT2D eigenvalue weighted by atomic mass is 9.99. The molecule has 0 aromatic heterocycles. The first-order chi connectivity index (χ1) is 17.2. The molecule has 12 nitrogen and oxygen atoms in total. The molecule has 1 unspecified atom stereocenters. The highest BCUT2D eigenvalue weighted by molar-refractivity contribution is 5.34. The summed E-state index contributed by atoms with van der Waals surface area (Å²) in [5.41, 5.74) is -1.91. The Kier molecular flexibility index (Phi) is 12.2. The fraction of sp³-hybridized carbons (Fsp3) is 0.583. The van der Waals surface area contributed by atoms with E-state index in [9.17, 15) is 35.7 Å². The summed E-state index contributed by atoms with van der Waals surface area (Å²) in [6.07, 6.45) is -6.40. The van der Waals surface area contributed by atoms with Gasteiger partial charge < -0.3 is 59.8 Å². The topological polar surface area (TPSA) is 199 Å². The average Bonchev–Trinajstić information content (AvgIpc) is 3.17. The van der Waals surface area contributed by atoms with Crippen LogP contribution in [-0.2, 0) is 18.9 Å². The molecule has 0 aliphatic carbocycles. The number of aliphatic hydroxyl groups is 8. The Morgan fingerprint density at radius 1 is 1.03 bits per heavy atom. The van der Waals surface area contributed by atoms with Gasteiger partial charge >= 0.3 is 0 Å². The quantitative estimate of drug-likeness (QED) is 0.105. The smallest absolute Gasteiger partial charge is 0.187 e. The molecule has 2 fully saturated rings. The van der Waals surface area contributed by atoms with Crippen LogP contribution >= 0.6 is 0 Å². The van der Waals surface area contributed by atoms with Gasteiger partial charge in [-0.3, -0.25) is 0 Å². The number of hydrogen-bond acceptors (Lipinski definition) is 12. The maximum absolute atomic E-state index is 10.3. The Hall–Kier alpha value is -2.14. The summed E-state index contributed by atoms with van der Waals surface area (Å²) in [5.74, 6) is 10.2. The minimum atomic E-state index is -1.91. The molecule has 0 spiro atoms. The lowest BCUT2D eigenvalue weighted by Gasteiger charge is -2.41. The predicted molar refractivity (Wildman–Crippen MR) is 122 cm³/mol. The molecule has 0 aromatic carbocycles. The Bertz CT molecular complexity index is 883. The van der Waals surface area contributed by atoms with Gasteiger partial charge in [0.1, 0.15) is 48.3 Å². The summed E-state index contributed by atoms with van der Waals surface area (Å²) in [4.78, 5) is 0. The van der Waals surface area contributed by atoms with Gasteiger partial charge in [-0.1, -0.05) is 24.0 Å². The molecule has 10 atom stereocenters. The zero-order chi connectivity index (χ0) is 26.7. The van der Waals surface area contributed by atoms with E-state index < -0.39 is 80.7 Å². The highest BCUT2D eigenvalue weighted by Crippen LogP contribution is 2.28.